The number of aromatic nitrogens is 5. The Kier molecular flexibility index (Phi) is 4.86. The van der Waals surface area contributed by atoms with E-state index in [1.165, 1.54) is 0 Å². The van der Waals surface area contributed by atoms with Gasteiger partial charge in [-0.1, -0.05) is 6.07 Å². The molecular formula is C21H21N7O2. The van der Waals surface area contributed by atoms with Crippen molar-refractivity contribution >= 4 is 17.1 Å². The van der Waals surface area contributed by atoms with E-state index in [4.69, 9.17) is 9.72 Å². The molecule has 0 saturated carbocycles. The van der Waals surface area contributed by atoms with Crippen LogP contribution in [0.2, 0.25) is 0 Å². The number of hydrogen-bond acceptors (Lipinski definition) is 6. The number of anilines is 1. The van der Waals surface area contributed by atoms with Crippen molar-refractivity contribution in [2.75, 3.05) is 31.6 Å². The van der Waals surface area contributed by atoms with Crippen molar-refractivity contribution in [2.45, 2.75) is 6.54 Å². The summed E-state index contributed by atoms with van der Waals surface area (Å²) in [5.41, 5.74) is 3.21. The van der Waals surface area contributed by atoms with Crippen LogP contribution in [0.25, 0.3) is 11.5 Å². The van der Waals surface area contributed by atoms with Gasteiger partial charge in [0.2, 0.25) is 5.95 Å². The lowest BCUT2D eigenvalue weighted by Crippen LogP contribution is -2.40. The molecule has 0 bridgehead atoms. The Morgan fingerprint density at radius 2 is 2.07 bits per heavy atom. The van der Waals surface area contributed by atoms with E-state index in [2.05, 4.69) is 15.3 Å². The molecule has 9 nitrogen and oxygen atoms in total. The minimum Gasteiger partial charge on any atom is -0.378 e. The van der Waals surface area contributed by atoms with E-state index in [-0.39, 0.29) is 5.91 Å². The molecule has 0 aliphatic carbocycles. The van der Waals surface area contributed by atoms with Crippen LogP contribution in [0.4, 0.5) is 5.69 Å². The molecule has 30 heavy (non-hydrogen) atoms. The van der Waals surface area contributed by atoms with E-state index in [0.717, 1.165) is 16.9 Å². The maximum absolute atomic E-state index is 12.7. The van der Waals surface area contributed by atoms with E-state index in [9.17, 15) is 4.79 Å². The van der Waals surface area contributed by atoms with Gasteiger partial charge in [0.1, 0.15) is 12.0 Å². The molecule has 0 spiro atoms. The van der Waals surface area contributed by atoms with Gasteiger partial charge in [0, 0.05) is 37.9 Å². The number of nitrogens with zero attached hydrogens (tertiary/aromatic N) is 6. The zero-order chi connectivity index (χ0) is 20.3. The number of carbonyl (C=O) groups excluding carboxylic acids is 1. The lowest BCUT2D eigenvalue weighted by atomic mass is 10.3. The van der Waals surface area contributed by atoms with Crippen LogP contribution >= 0.6 is 0 Å². The molecule has 152 valence electrons. The quantitative estimate of drug-likeness (QED) is 0.548. The highest BCUT2D eigenvalue weighted by Crippen LogP contribution is 2.18. The fourth-order valence-electron chi connectivity index (χ4n) is 3.52. The van der Waals surface area contributed by atoms with Crippen molar-refractivity contribution in [1.82, 2.24) is 28.8 Å². The van der Waals surface area contributed by atoms with Crippen LogP contribution in [-0.4, -0.2) is 61.0 Å². The van der Waals surface area contributed by atoms with Gasteiger partial charge in [0.25, 0.3) is 5.91 Å². The van der Waals surface area contributed by atoms with Gasteiger partial charge in [-0.15, -0.1) is 0 Å². The smallest absolute Gasteiger partial charge is 0.274 e. The van der Waals surface area contributed by atoms with Gasteiger partial charge in [-0.3, -0.25) is 18.7 Å². The monoisotopic (exact) mass is 403 g/mol. The Labute approximate surface area is 173 Å². The molecule has 9 heteroatoms. The molecule has 0 atom stereocenters. The first-order valence-corrected chi connectivity index (χ1v) is 9.81. The van der Waals surface area contributed by atoms with Gasteiger partial charge in [-0.25, -0.2) is 9.97 Å². The van der Waals surface area contributed by atoms with Crippen LogP contribution in [0.15, 0.2) is 61.4 Å². The highest BCUT2D eigenvalue weighted by atomic mass is 16.5. The highest BCUT2D eigenvalue weighted by Gasteiger charge is 2.21. The molecule has 4 aromatic rings. The van der Waals surface area contributed by atoms with Crippen molar-refractivity contribution < 1.29 is 9.53 Å². The van der Waals surface area contributed by atoms with E-state index < -0.39 is 0 Å². The third-order valence-electron chi connectivity index (χ3n) is 5.06. The number of imidazole rings is 2. The zero-order valence-electron chi connectivity index (χ0n) is 16.3. The molecule has 1 aliphatic heterocycles. The number of morpholine rings is 1. The summed E-state index contributed by atoms with van der Waals surface area (Å²) in [6, 6.07) is 9.81. The summed E-state index contributed by atoms with van der Waals surface area (Å²) in [6.07, 6.45) is 8.84. The standard InChI is InChI=1S/C21H21N7O2/c29-20(26-8-10-30-11-9-26)18-14-27(15-24-18)21-25-17(19-5-1-2-7-28(19)21)13-23-16-4-3-6-22-12-16/h1-7,12,14-15,23H,8-11,13H2. The number of rotatable bonds is 5. The highest BCUT2D eigenvalue weighted by molar-refractivity contribution is 5.92. The first-order valence-electron chi connectivity index (χ1n) is 9.81. The van der Waals surface area contributed by atoms with Gasteiger partial charge in [-0.05, 0) is 24.3 Å². The molecule has 1 N–H and O–H groups in total. The second-order valence-corrected chi connectivity index (χ2v) is 6.98. The Morgan fingerprint density at radius 3 is 2.90 bits per heavy atom. The first-order chi connectivity index (χ1) is 14.8. The molecule has 0 aromatic carbocycles. The van der Waals surface area contributed by atoms with Gasteiger partial charge in [-0.2, -0.15) is 0 Å². The number of nitrogens with one attached hydrogen (secondary N) is 1. The Morgan fingerprint density at radius 1 is 1.17 bits per heavy atom. The summed E-state index contributed by atoms with van der Waals surface area (Å²) in [5, 5.41) is 3.35. The number of carbonyl (C=O) groups is 1. The maximum atomic E-state index is 12.7. The van der Waals surface area contributed by atoms with Gasteiger partial charge < -0.3 is 15.0 Å². The Bertz CT molecular complexity index is 1160. The fraction of sp³-hybridized carbons (Fsp3) is 0.238. The van der Waals surface area contributed by atoms with Crippen molar-refractivity contribution in [3.63, 3.8) is 0 Å². The average Bonchev–Trinajstić information content (AvgIpc) is 3.44. The molecule has 0 unspecified atom stereocenters. The van der Waals surface area contributed by atoms with Crippen LogP contribution in [0.1, 0.15) is 16.2 Å². The van der Waals surface area contributed by atoms with E-state index in [1.54, 1.807) is 34.4 Å². The van der Waals surface area contributed by atoms with E-state index in [1.807, 2.05) is 40.9 Å². The normalized spacial score (nSPS) is 14.2. The van der Waals surface area contributed by atoms with Crippen LogP contribution in [0, 0.1) is 0 Å². The summed E-state index contributed by atoms with van der Waals surface area (Å²) in [5.74, 6) is 0.596. The molecule has 0 radical (unpaired) electrons. The third-order valence-corrected chi connectivity index (χ3v) is 5.06. The van der Waals surface area contributed by atoms with Crippen molar-refractivity contribution in [3.05, 3.63) is 72.8 Å². The predicted molar refractivity (Wildman–Crippen MR) is 111 cm³/mol. The van der Waals surface area contributed by atoms with Crippen LogP contribution < -0.4 is 5.32 Å². The van der Waals surface area contributed by atoms with Gasteiger partial charge >= 0.3 is 0 Å². The summed E-state index contributed by atoms with van der Waals surface area (Å²) in [6.45, 7) is 2.84. The van der Waals surface area contributed by atoms with Crippen molar-refractivity contribution in [2.24, 2.45) is 0 Å². The lowest BCUT2D eigenvalue weighted by molar-refractivity contribution is 0.0299. The molecule has 1 saturated heterocycles. The van der Waals surface area contributed by atoms with Crippen LogP contribution in [-0.2, 0) is 11.3 Å². The molecule has 5 heterocycles. The summed E-state index contributed by atoms with van der Waals surface area (Å²) in [7, 11) is 0. The maximum Gasteiger partial charge on any atom is 0.274 e. The molecule has 5 rings (SSSR count). The van der Waals surface area contributed by atoms with Crippen molar-refractivity contribution in [3.8, 4) is 5.95 Å². The number of hydrogen-bond donors (Lipinski definition) is 1. The molecule has 1 fully saturated rings. The summed E-state index contributed by atoms with van der Waals surface area (Å²) >= 11 is 0. The summed E-state index contributed by atoms with van der Waals surface area (Å²) in [4.78, 5) is 27.8. The van der Waals surface area contributed by atoms with Crippen LogP contribution in [0.3, 0.4) is 0 Å². The third kappa shape index (κ3) is 3.50. The van der Waals surface area contributed by atoms with Crippen molar-refractivity contribution in [1.29, 1.82) is 0 Å². The van der Waals surface area contributed by atoms with Crippen LogP contribution in [0.5, 0.6) is 0 Å². The van der Waals surface area contributed by atoms with E-state index >= 15 is 0 Å². The molecule has 4 aromatic heterocycles. The first kappa shape index (κ1) is 18.3. The SMILES string of the molecule is O=C(c1cn(-c2nc(CNc3cccnc3)c3ccccn23)cn1)N1CCOCC1. The minimum absolute atomic E-state index is 0.0867. The average molecular weight is 403 g/mol. The molecule has 1 aliphatic rings. The summed E-state index contributed by atoms with van der Waals surface area (Å²) < 4.78 is 9.10. The van der Waals surface area contributed by atoms with Gasteiger partial charge in [0.05, 0.1) is 36.7 Å². The topological polar surface area (TPSA) is 89.6 Å². The lowest BCUT2D eigenvalue weighted by Gasteiger charge is -2.25. The fourth-order valence-corrected chi connectivity index (χ4v) is 3.52. The number of ether oxygens (including phenoxy) is 1. The molecular weight excluding hydrogens is 382 g/mol. The van der Waals surface area contributed by atoms with Gasteiger partial charge in [0.15, 0.2) is 0 Å². The minimum atomic E-state index is -0.0867. The Balaban J connectivity index is 1.43. The number of fused-ring (bicyclic) bond motifs is 1. The predicted octanol–water partition coefficient (Wildman–Crippen LogP) is 2.00. The second-order valence-electron chi connectivity index (χ2n) is 6.98. The zero-order valence-corrected chi connectivity index (χ0v) is 16.3. The Hall–Kier alpha value is -3.72. The second kappa shape index (κ2) is 7.96. The molecule has 1 amide bonds. The number of amides is 1. The largest absolute Gasteiger partial charge is 0.378 e. The number of pyridine rings is 2. The van der Waals surface area contributed by atoms with E-state index in [0.29, 0.717) is 44.5 Å².